The second-order valence-electron chi connectivity index (χ2n) is 4.79. The zero-order valence-electron chi connectivity index (χ0n) is 12.0. The molecule has 0 saturated carbocycles. The van der Waals surface area contributed by atoms with Crippen LogP contribution in [0.3, 0.4) is 0 Å². The van der Waals surface area contributed by atoms with Crippen LogP contribution in [0, 0.1) is 0 Å². The molecular weight excluding hydrogens is 376 g/mol. The van der Waals surface area contributed by atoms with Gasteiger partial charge in [-0.2, -0.15) is 0 Å². The third-order valence-corrected chi connectivity index (χ3v) is 4.37. The van der Waals surface area contributed by atoms with Gasteiger partial charge in [0.2, 0.25) is 5.12 Å². The molecule has 4 nitrogen and oxygen atoms in total. The largest absolute Gasteiger partial charge is 0.351 e. The number of carbonyl (C=O) groups excluding carboxylic acids is 2. The quantitative estimate of drug-likeness (QED) is 0.726. The van der Waals surface area contributed by atoms with Crippen molar-refractivity contribution < 1.29 is 9.59 Å². The summed E-state index contributed by atoms with van der Waals surface area (Å²) >= 11 is 4.60. The fourth-order valence-electron chi connectivity index (χ4n) is 1.36. The molecule has 0 aromatic heterocycles. The molecule has 21 heavy (non-hydrogen) atoms. The van der Waals surface area contributed by atoms with Crippen molar-refractivity contribution in [3.8, 4) is 0 Å². The lowest BCUT2D eigenvalue weighted by atomic mass is 10.1. The Kier molecular flexibility index (Phi) is 9.20. The number of amides is 1. The van der Waals surface area contributed by atoms with E-state index in [0.29, 0.717) is 24.4 Å². The molecule has 0 fully saturated rings. The Bertz CT molecular complexity index is 475. The van der Waals surface area contributed by atoms with E-state index in [2.05, 4.69) is 21.2 Å². The first-order chi connectivity index (χ1) is 9.34. The number of nitrogens with one attached hydrogen (secondary N) is 1. The first-order valence-corrected chi connectivity index (χ1v) is 8.06. The van der Waals surface area contributed by atoms with E-state index in [1.807, 2.05) is 26.0 Å². The molecule has 0 atom stereocenters. The second kappa shape index (κ2) is 9.46. The van der Waals surface area contributed by atoms with E-state index >= 15 is 0 Å². The summed E-state index contributed by atoms with van der Waals surface area (Å²) in [6.07, 6.45) is 0. The number of hydrogen-bond acceptors (Lipinski definition) is 4. The predicted octanol–water partition coefficient (Wildman–Crippen LogP) is 2.73. The summed E-state index contributed by atoms with van der Waals surface area (Å²) in [6, 6.07) is 7.23. The first-order valence-electron chi connectivity index (χ1n) is 6.28. The van der Waals surface area contributed by atoms with E-state index < -0.39 is 4.32 Å². The normalized spacial score (nSPS) is 10.7. The number of thioether (sulfide) groups is 1. The van der Waals surface area contributed by atoms with Crippen LogP contribution in [0.1, 0.15) is 29.8 Å². The van der Waals surface area contributed by atoms with Crippen LogP contribution in [0.15, 0.2) is 24.3 Å². The molecule has 1 aromatic carbocycles. The summed E-state index contributed by atoms with van der Waals surface area (Å²) in [6.45, 7) is 4.54. The van der Waals surface area contributed by atoms with Gasteiger partial charge < -0.3 is 11.1 Å². The third kappa shape index (κ3) is 7.31. The van der Waals surface area contributed by atoms with Crippen LogP contribution in [-0.4, -0.2) is 28.4 Å². The highest BCUT2D eigenvalue weighted by Gasteiger charge is 2.23. The Hall–Kier alpha value is -0.560. The molecule has 0 radical (unpaired) electrons. The van der Waals surface area contributed by atoms with E-state index in [9.17, 15) is 9.59 Å². The molecule has 0 bridgehead atoms. The van der Waals surface area contributed by atoms with Crippen LogP contribution in [-0.2, 0) is 10.5 Å². The minimum Gasteiger partial charge on any atom is -0.351 e. The van der Waals surface area contributed by atoms with Crippen molar-refractivity contribution in [3.05, 3.63) is 35.4 Å². The summed E-state index contributed by atoms with van der Waals surface area (Å²) in [4.78, 5) is 23.5. The molecule has 1 aromatic rings. The highest BCUT2D eigenvalue weighted by molar-refractivity contribution is 9.10. The van der Waals surface area contributed by atoms with Gasteiger partial charge in [-0.05, 0) is 31.5 Å². The highest BCUT2D eigenvalue weighted by atomic mass is 79.9. The van der Waals surface area contributed by atoms with Gasteiger partial charge in [-0.15, -0.1) is 12.4 Å². The van der Waals surface area contributed by atoms with E-state index in [1.54, 1.807) is 12.1 Å². The van der Waals surface area contributed by atoms with Crippen LogP contribution in [0.2, 0.25) is 0 Å². The molecule has 0 saturated heterocycles. The topological polar surface area (TPSA) is 72.2 Å². The van der Waals surface area contributed by atoms with Crippen LogP contribution < -0.4 is 11.1 Å². The molecule has 0 spiro atoms. The molecular formula is C14H20BrClN2O2S. The first kappa shape index (κ1) is 20.4. The maximum Gasteiger partial charge on any atom is 0.251 e. The molecule has 0 aliphatic heterocycles. The van der Waals surface area contributed by atoms with Gasteiger partial charge in [0.25, 0.3) is 5.91 Å². The second-order valence-corrected chi connectivity index (χ2v) is 7.72. The monoisotopic (exact) mass is 394 g/mol. The van der Waals surface area contributed by atoms with Crippen molar-refractivity contribution in [2.45, 2.75) is 23.9 Å². The zero-order chi connectivity index (χ0) is 15.2. The molecule has 1 rings (SSSR count). The molecule has 0 unspecified atom stereocenters. The van der Waals surface area contributed by atoms with E-state index in [-0.39, 0.29) is 23.4 Å². The molecule has 118 valence electrons. The summed E-state index contributed by atoms with van der Waals surface area (Å²) < 4.78 is -0.514. The van der Waals surface area contributed by atoms with Crippen molar-refractivity contribution in [2.24, 2.45) is 5.73 Å². The Morgan fingerprint density at radius 1 is 1.29 bits per heavy atom. The van der Waals surface area contributed by atoms with E-state index in [4.69, 9.17) is 5.73 Å². The van der Waals surface area contributed by atoms with Crippen molar-refractivity contribution in [1.82, 2.24) is 5.32 Å². The van der Waals surface area contributed by atoms with Gasteiger partial charge in [0.15, 0.2) is 0 Å². The zero-order valence-corrected chi connectivity index (χ0v) is 15.2. The van der Waals surface area contributed by atoms with Crippen LogP contribution >= 0.6 is 40.1 Å². The fraction of sp³-hybridized carbons (Fsp3) is 0.429. The summed E-state index contributed by atoms with van der Waals surface area (Å²) in [5.74, 6) is 0.464. The standard InChI is InChI=1S/C14H19BrN2O2S.ClH/c1-14(2,15)13(19)20-9-10-3-5-11(6-4-10)12(18)17-8-7-16;/h3-6H,7-9,16H2,1-2H3,(H,17,18);1H. The van der Waals surface area contributed by atoms with Gasteiger partial charge >= 0.3 is 0 Å². The fourth-order valence-corrected chi connectivity index (χ4v) is 2.54. The maximum absolute atomic E-state index is 11.8. The molecule has 0 heterocycles. The summed E-state index contributed by atoms with van der Waals surface area (Å²) in [5, 5.41) is 2.79. The smallest absolute Gasteiger partial charge is 0.251 e. The number of rotatable bonds is 6. The van der Waals surface area contributed by atoms with Crippen LogP contribution in [0.4, 0.5) is 0 Å². The van der Waals surface area contributed by atoms with Crippen LogP contribution in [0.5, 0.6) is 0 Å². The SMILES string of the molecule is CC(C)(Br)C(=O)SCc1ccc(C(=O)NCCN)cc1.Cl. The lowest BCUT2D eigenvalue weighted by molar-refractivity contribution is -0.112. The average Bonchev–Trinajstić information content (AvgIpc) is 2.41. The van der Waals surface area contributed by atoms with Gasteiger partial charge in [-0.25, -0.2) is 0 Å². The Morgan fingerprint density at radius 2 is 1.86 bits per heavy atom. The number of nitrogens with two attached hydrogens (primary N) is 1. The molecule has 3 N–H and O–H groups in total. The van der Waals surface area contributed by atoms with Gasteiger partial charge in [0.1, 0.15) is 0 Å². The van der Waals surface area contributed by atoms with Crippen molar-refractivity contribution >= 4 is 51.1 Å². The van der Waals surface area contributed by atoms with Gasteiger partial charge in [0, 0.05) is 24.4 Å². The number of alkyl halides is 1. The van der Waals surface area contributed by atoms with Gasteiger partial charge in [-0.1, -0.05) is 39.8 Å². The Balaban J connectivity index is 0.00000400. The summed E-state index contributed by atoms with van der Waals surface area (Å²) in [5.41, 5.74) is 6.94. The minimum atomic E-state index is -0.514. The number of halogens is 2. The highest BCUT2D eigenvalue weighted by Crippen LogP contribution is 2.26. The molecule has 0 aliphatic rings. The average molecular weight is 396 g/mol. The summed E-state index contributed by atoms with van der Waals surface area (Å²) in [7, 11) is 0. The number of hydrogen-bond donors (Lipinski definition) is 2. The van der Waals surface area contributed by atoms with E-state index in [1.165, 1.54) is 11.8 Å². The number of carbonyl (C=O) groups is 2. The van der Waals surface area contributed by atoms with Crippen LogP contribution in [0.25, 0.3) is 0 Å². The lowest BCUT2D eigenvalue weighted by Crippen LogP contribution is -2.28. The maximum atomic E-state index is 11.8. The third-order valence-electron chi connectivity index (χ3n) is 2.50. The Morgan fingerprint density at radius 3 is 2.33 bits per heavy atom. The van der Waals surface area contributed by atoms with Gasteiger partial charge in [0.05, 0.1) is 4.32 Å². The Labute approximate surface area is 144 Å². The van der Waals surface area contributed by atoms with Gasteiger partial charge in [-0.3, -0.25) is 9.59 Å². The number of benzene rings is 1. The molecule has 1 amide bonds. The van der Waals surface area contributed by atoms with Crippen molar-refractivity contribution in [3.63, 3.8) is 0 Å². The molecule has 7 heteroatoms. The van der Waals surface area contributed by atoms with Crippen molar-refractivity contribution in [2.75, 3.05) is 13.1 Å². The van der Waals surface area contributed by atoms with Crippen molar-refractivity contribution in [1.29, 1.82) is 0 Å². The lowest BCUT2D eigenvalue weighted by Gasteiger charge is -2.13. The van der Waals surface area contributed by atoms with E-state index in [0.717, 1.165) is 5.56 Å². The minimum absolute atomic E-state index is 0. The molecule has 0 aliphatic carbocycles. The predicted molar refractivity (Wildman–Crippen MR) is 94.4 cm³/mol.